The summed E-state index contributed by atoms with van der Waals surface area (Å²) < 4.78 is 2.41. The molecule has 1 fully saturated rings. The summed E-state index contributed by atoms with van der Waals surface area (Å²) in [5, 5.41) is 12.4. The zero-order valence-corrected chi connectivity index (χ0v) is 19.2. The van der Waals surface area contributed by atoms with E-state index in [1.807, 2.05) is 25.1 Å². The first kappa shape index (κ1) is 20.6. The van der Waals surface area contributed by atoms with Gasteiger partial charge in [-0.25, -0.2) is 19.6 Å². The second kappa shape index (κ2) is 7.66. The number of fused-ring (bicyclic) bond motifs is 2. The van der Waals surface area contributed by atoms with Crippen LogP contribution in [0.1, 0.15) is 26.2 Å². The number of hydrogen-bond donors (Lipinski definition) is 3. The van der Waals surface area contributed by atoms with Crippen LogP contribution in [0.5, 0.6) is 0 Å². The van der Waals surface area contributed by atoms with Crippen LogP contribution in [0, 0.1) is 5.41 Å². The van der Waals surface area contributed by atoms with Crippen LogP contribution >= 0.6 is 15.9 Å². The Kier molecular flexibility index (Phi) is 4.92. The molecule has 10 nitrogen and oxygen atoms in total. The van der Waals surface area contributed by atoms with Gasteiger partial charge in [0.2, 0.25) is 17.8 Å². The molecule has 1 aromatic carbocycles. The normalized spacial score (nSPS) is 20.7. The second-order valence-corrected chi connectivity index (χ2v) is 9.08. The van der Waals surface area contributed by atoms with E-state index in [0.29, 0.717) is 16.2 Å². The van der Waals surface area contributed by atoms with Crippen LogP contribution in [0.4, 0.5) is 11.9 Å². The van der Waals surface area contributed by atoms with Crippen LogP contribution in [-0.2, 0) is 4.79 Å². The SMILES string of the molecule is CNC(=O)[C@]1(C)CC[C@@H](Nc2ncc3c(Br)nn(-c4ccc5nc(N)ncc5c4)c3n2)C1. The van der Waals surface area contributed by atoms with E-state index in [1.54, 1.807) is 24.1 Å². The third kappa shape index (κ3) is 3.52. The van der Waals surface area contributed by atoms with Crippen molar-refractivity contribution in [2.75, 3.05) is 18.1 Å². The number of nitrogens with two attached hydrogens (primary N) is 1. The highest BCUT2D eigenvalue weighted by atomic mass is 79.9. The molecular formula is C21H22BrN9O. The van der Waals surface area contributed by atoms with Gasteiger partial charge in [-0.1, -0.05) is 6.92 Å². The largest absolute Gasteiger partial charge is 0.368 e. The molecule has 4 aromatic rings. The van der Waals surface area contributed by atoms with E-state index in [0.717, 1.165) is 41.2 Å². The topological polar surface area (TPSA) is 137 Å². The van der Waals surface area contributed by atoms with Gasteiger partial charge in [0.1, 0.15) is 4.60 Å². The van der Waals surface area contributed by atoms with E-state index in [-0.39, 0.29) is 23.3 Å². The Hall–Kier alpha value is -3.34. The summed E-state index contributed by atoms with van der Waals surface area (Å²) in [5.74, 6) is 0.817. The lowest BCUT2D eigenvalue weighted by atomic mass is 9.87. The molecular weight excluding hydrogens is 474 g/mol. The Labute approximate surface area is 192 Å². The molecule has 32 heavy (non-hydrogen) atoms. The molecule has 11 heteroatoms. The number of carbonyl (C=O) groups is 1. The van der Waals surface area contributed by atoms with Crippen molar-refractivity contribution in [1.29, 1.82) is 0 Å². The third-order valence-electron chi connectivity index (χ3n) is 6.06. The Morgan fingerprint density at radius 2 is 2.12 bits per heavy atom. The van der Waals surface area contributed by atoms with Crippen molar-refractivity contribution in [2.24, 2.45) is 5.41 Å². The van der Waals surface area contributed by atoms with E-state index in [1.165, 1.54) is 0 Å². The highest BCUT2D eigenvalue weighted by molar-refractivity contribution is 9.10. The average Bonchev–Trinajstić information content (AvgIpc) is 3.33. The lowest BCUT2D eigenvalue weighted by Crippen LogP contribution is -2.35. The monoisotopic (exact) mass is 495 g/mol. The Bertz CT molecular complexity index is 1350. The van der Waals surface area contributed by atoms with Gasteiger partial charge in [-0.05, 0) is 53.4 Å². The van der Waals surface area contributed by atoms with Gasteiger partial charge in [0, 0.05) is 36.3 Å². The van der Waals surface area contributed by atoms with Crippen molar-refractivity contribution in [1.82, 2.24) is 35.0 Å². The van der Waals surface area contributed by atoms with Crippen LogP contribution in [0.15, 0.2) is 35.2 Å². The van der Waals surface area contributed by atoms with Gasteiger partial charge in [0.25, 0.3) is 0 Å². The Morgan fingerprint density at radius 3 is 2.94 bits per heavy atom. The molecule has 5 rings (SSSR count). The predicted molar refractivity (Wildman–Crippen MR) is 125 cm³/mol. The molecule has 0 radical (unpaired) electrons. The number of amides is 1. The molecule has 1 aliphatic rings. The van der Waals surface area contributed by atoms with Gasteiger partial charge in [-0.15, -0.1) is 0 Å². The van der Waals surface area contributed by atoms with E-state index in [9.17, 15) is 4.79 Å². The quantitative estimate of drug-likeness (QED) is 0.393. The lowest BCUT2D eigenvalue weighted by Gasteiger charge is -2.22. The average molecular weight is 496 g/mol. The zero-order valence-electron chi connectivity index (χ0n) is 17.6. The lowest BCUT2D eigenvalue weighted by molar-refractivity contribution is -0.129. The first-order chi connectivity index (χ1) is 15.4. The Morgan fingerprint density at radius 1 is 1.28 bits per heavy atom. The van der Waals surface area contributed by atoms with Crippen molar-refractivity contribution >= 4 is 55.7 Å². The number of halogens is 1. The fourth-order valence-electron chi connectivity index (χ4n) is 4.34. The number of aromatic nitrogens is 6. The van der Waals surface area contributed by atoms with Crippen LogP contribution in [0.2, 0.25) is 0 Å². The molecule has 1 aliphatic carbocycles. The summed E-state index contributed by atoms with van der Waals surface area (Å²) in [5.41, 5.74) is 7.55. The molecule has 0 aliphatic heterocycles. The standard InChI is InChI=1S/C21H22BrN9O/c1-21(18(32)24-2)6-5-12(8-21)27-20-26-10-14-16(22)30-31(17(14)29-20)13-3-4-15-11(7-13)9-25-19(23)28-15/h3-4,7,9-10,12H,5-6,8H2,1-2H3,(H,24,32)(H2,23,25,28)(H,26,27,29)/t12-,21-/m1/s1. The van der Waals surface area contributed by atoms with Crippen molar-refractivity contribution in [3.05, 3.63) is 35.2 Å². The predicted octanol–water partition coefficient (Wildman–Crippen LogP) is 2.82. The van der Waals surface area contributed by atoms with Crippen LogP contribution in [-0.4, -0.2) is 48.7 Å². The molecule has 0 saturated heterocycles. The minimum Gasteiger partial charge on any atom is -0.368 e. The van der Waals surface area contributed by atoms with E-state index >= 15 is 0 Å². The van der Waals surface area contributed by atoms with Crippen molar-refractivity contribution in [3.63, 3.8) is 0 Å². The molecule has 2 atom stereocenters. The van der Waals surface area contributed by atoms with Gasteiger partial charge in [0.15, 0.2) is 5.65 Å². The first-order valence-corrected chi connectivity index (χ1v) is 11.1. The molecule has 0 unspecified atom stereocenters. The molecule has 0 spiro atoms. The van der Waals surface area contributed by atoms with E-state index in [4.69, 9.17) is 10.7 Å². The van der Waals surface area contributed by atoms with Crippen LogP contribution < -0.4 is 16.4 Å². The first-order valence-electron chi connectivity index (χ1n) is 10.3. The van der Waals surface area contributed by atoms with Gasteiger partial charge < -0.3 is 16.4 Å². The molecule has 1 saturated carbocycles. The summed E-state index contributed by atoms with van der Waals surface area (Å²) in [6.07, 6.45) is 5.86. The number of anilines is 2. The summed E-state index contributed by atoms with van der Waals surface area (Å²) in [7, 11) is 1.68. The molecule has 1 amide bonds. The molecule has 3 aromatic heterocycles. The van der Waals surface area contributed by atoms with Gasteiger partial charge >= 0.3 is 0 Å². The van der Waals surface area contributed by atoms with Crippen molar-refractivity contribution < 1.29 is 4.79 Å². The van der Waals surface area contributed by atoms with Gasteiger partial charge in [-0.3, -0.25) is 4.79 Å². The summed E-state index contributed by atoms with van der Waals surface area (Å²) in [6, 6.07) is 5.85. The van der Waals surface area contributed by atoms with Gasteiger partial charge in [0.05, 0.1) is 16.6 Å². The minimum atomic E-state index is -0.377. The fraction of sp³-hybridized carbons (Fsp3) is 0.333. The zero-order chi connectivity index (χ0) is 22.5. The van der Waals surface area contributed by atoms with Crippen LogP contribution in [0.3, 0.4) is 0 Å². The molecule has 4 N–H and O–H groups in total. The molecule has 0 bridgehead atoms. The maximum atomic E-state index is 12.2. The number of nitrogens with zero attached hydrogens (tertiary/aromatic N) is 6. The van der Waals surface area contributed by atoms with E-state index < -0.39 is 0 Å². The highest BCUT2D eigenvalue weighted by Gasteiger charge is 2.40. The molecule has 3 heterocycles. The van der Waals surface area contributed by atoms with Crippen molar-refractivity contribution in [3.8, 4) is 5.69 Å². The summed E-state index contributed by atoms with van der Waals surface area (Å²) >= 11 is 3.51. The number of nitrogen functional groups attached to an aromatic ring is 1. The Balaban J connectivity index is 1.48. The number of hydrogen-bond acceptors (Lipinski definition) is 8. The summed E-state index contributed by atoms with van der Waals surface area (Å²) in [4.78, 5) is 29.8. The smallest absolute Gasteiger partial charge is 0.225 e. The van der Waals surface area contributed by atoms with Crippen LogP contribution in [0.25, 0.3) is 27.6 Å². The second-order valence-electron chi connectivity index (χ2n) is 8.33. The maximum absolute atomic E-state index is 12.2. The van der Waals surface area contributed by atoms with E-state index in [2.05, 4.69) is 46.6 Å². The maximum Gasteiger partial charge on any atom is 0.225 e. The number of nitrogens with one attached hydrogen (secondary N) is 2. The molecule has 164 valence electrons. The third-order valence-corrected chi connectivity index (χ3v) is 6.64. The number of carbonyl (C=O) groups excluding carboxylic acids is 1. The highest BCUT2D eigenvalue weighted by Crippen LogP contribution is 2.39. The summed E-state index contributed by atoms with van der Waals surface area (Å²) in [6.45, 7) is 2.00. The van der Waals surface area contributed by atoms with Crippen molar-refractivity contribution in [2.45, 2.75) is 32.2 Å². The minimum absolute atomic E-state index is 0.0715. The number of rotatable bonds is 4. The number of benzene rings is 1. The fourth-order valence-corrected chi connectivity index (χ4v) is 4.78. The van der Waals surface area contributed by atoms with Gasteiger partial charge in [-0.2, -0.15) is 10.1 Å².